The summed E-state index contributed by atoms with van der Waals surface area (Å²) in [6.45, 7) is 0. The Labute approximate surface area is 210 Å². The summed E-state index contributed by atoms with van der Waals surface area (Å²) in [5.41, 5.74) is 6.71. The number of nitrogens with one attached hydrogen (secondary N) is 4. The van der Waals surface area contributed by atoms with E-state index in [2.05, 4.69) is 21.3 Å². The van der Waals surface area contributed by atoms with Crippen molar-refractivity contribution in [3.8, 4) is 23.0 Å². The van der Waals surface area contributed by atoms with E-state index in [1.165, 1.54) is 0 Å². The molecule has 8 heteroatoms. The van der Waals surface area contributed by atoms with Crippen molar-refractivity contribution in [1.82, 2.24) is 0 Å². The predicted molar refractivity (Wildman–Crippen MR) is 145 cm³/mol. The van der Waals surface area contributed by atoms with Crippen LogP contribution in [0.3, 0.4) is 0 Å². The summed E-state index contributed by atoms with van der Waals surface area (Å²) in [4.78, 5) is 0. The van der Waals surface area contributed by atoms with Crippen LogP contribution in [-0.2, 0) is 0 Å². The summed E-state index contributed by atoms with van der Waals surface area (Å²) in [6, 6.07) is 23.6. The number of fused-ring (bicyclic) bond motifs is 8. The van der Waals surface area contributed by atoms with Crippen molar-refractivity contribution < 1.29 is 18.9 Å². The lowest BCUT2D eigenvalue weighted by Crippen LogP contribution is -2.02. The molecular weight excluding hydrogens is 456 g/mol. The zero-order chi connectivity index (χ0) is 25.1. The molecule has 4 N–H and O–H groups in total. The Morgan fingerprint density at radius 3 is 0.917 bits per heavy atom. The van der Waals surface area contributed by atoms with Crippen LogP contribution in [0.4, 0.5) is 45.5 Å². The molecule has 8 bridgehead atoms. The van der Waals surface area contributed by atoms with E-state index in [-0.39, 0.29) is 0 Å². The van der Waals surface area contributed by atoms with Crippen LogP contribution in [0, 0.1) is 0 Å². The van der Waals surface area contributed by atoms with Crippen LogP contribution in [0.25, 0.3) is 0 Å². The highest BCUT2D eigenvalue weighted by Crippen LogP contribution is 2.42. The minimum absolute atomic E-state index is 0.661. The van der Waals surface area contributed by atoms with Gasteiger partial charge in [0.25, 0.3) is 0 Å². The SMILES string of the molecule is COc1cc(OC)c2cc1Nc1cccc(c1)Nc1cc(c(OC)cc1OC)Nc1cccc(c1)N2. The summed E-state index contributed by atoms with van der Waals surface area (Å²) >= 11 is 0. The summed E-state index contributed by atoms with van der Waals surface area (Å²) < 4.78 is 22.6. The van der Waals surface area contributed by atoms with E-state index in [0.29, 0.717) is 23.0 Å². The molecule has 8 nitrogen and oxygen atoms in total. The molecule has 0 aromatic heterocycles. The highest BCUT2D eigenvalue weighted by molar-refractivity contribution is 5.82. The van der Waals surface area contributed by atoms with E-state index in [4.69, 9.17) is 18.9 Å². The summed E-state index contributed by atoms with van der Waals surface area (Å²) in [5, 5.41) is 13.9. The normalized spacial score (nSPS) is 11.7. The van der Waals surface area contributed by atoms with Gasteiger partial charge in [-0.3, -0.25) is 0 Å². The van der Waals surface area contributed by atoms with Crippen molar-refractivity contribution in [3.05, 3.63) is 72.8 Å². The van der Waals surface area contributed by atoms with Gasteiger partial charge in [0.05, 0.1) is 51.2 Å². The average molecular weight is 485 g/mol. The van der Waals surface area contributed by atoms with Gasteiger partial charge in [-0.25, -0.2) is 0 Å². The zero-order valence-corrected chi connectivity index (χ0v) is 20.6. The lowest BCUT2D eigenvalue weighted by atomic mass is 10.1. The minimum Gasteiger partial charge on any atom is -0.494 e. The smallest absolute Gasteiger partial charge is 0.146 e. The first-order valence-corrected chi connectivity index (χ1v) is 11.4. The Balaban J connectivity index is 1.69. The predicted octanol–water partition coefficient (Wildman–Crippen LogP) is 7.01. The van der Waals surface area contributed by atoms with Gasteiger partial charge in [0.2, 0.25) is 0 Å². The maximum absolute atomic E-state index is 5.65. The Hall–Kier alpha value is -4.72. The second-order valence-electron chi connectivity index (χ2n) is 8.17. The molecular formula is C28H28N4O4. The van der Waals surface area contributed by atoms with E-state index in [9.17, 15) is 0 Å². The molecule has 0 amide bonds. The molecule has 0 aliphatic carbocycles. The van der Waals surface area contributed by atoms with Crippen molar-refractivity contribution in [2.24, 2.45) is 0 Å². The molecule has 0 saturated carbocycles. The molecule has 184 valence electrons. The molecule has 0 spiro atoms. The highest BCUT2D eigenvalue weighted by atomic mass is 16.5. The summed E-state index contributed by atoms with van der Waals surface area (Å²) in [6.07, 6.45) is 0. The van der Waals surface area contributed by atoms with Crippen molar-refractivity contribution >= 4 is 45.5 Å². The Morgan fingerprint density at radius 2 is 0.667 bits per heavy atom. The van der Waals surface area contributed by atoms with Gasteiger partial charge in [0.15, 0.2) is 0 Å². The lowest BCUT2D eigenvalue weighted by Gasteiger charge is -2.20. The van der Waals surface area contributed by atoms with Gasteiger partial charge >= 0.3 is 0 Å². The van der Waals surface area contributed by atoms with Crippen LogP contribution in [0.5, 0.6) is 23.0 Å². The molecule has 1 aliphatic rings. The quantitative estimate of drug-likeness (QED) is 0.217. The second-order valence-corrected chi connectivity index (χ2v) is 8.17. The van der Waals surface area contributed by atoms with Crippen LogP contribution in [0.15, 0.2) is 72.8 Å². The molecule has 0 atom stereocenters. The monoisotopic (exact) mass is 484 g/mol. The van der Waals surface area contributed by atoms with E-state index >= 15 is 0 Å². The van der Waals surface area contributed by atoms with Crippen molar-refractivity contribution in [2.45, 2.75) is 0 Å². The van der Waals surface area contributed by atoms with Gasteiger partial charge < -0.3 is 40.2 Å². The first-order chi connectivity index (χ1) is 17.6. The van der Waals surface area contributed by atoms with Crippen LogP contribution in [-0.4, -0.2) is 28.4 Å². The molecule has 4 aromatic carbocycles. The fourth-order valence-electron chi connectivity index (χ4n) is 4.16. The molecule has 36 heavy (non-hydrogen) atoms. The van der Waals surface area contributed by atoms with Gasteiger partial charge in [0, 0.05) is 34.9 Å². The first-order valence-electron chi connectivity index (χ1n) is 11.4. The largest absolute Gasteiger partial charge is 0.494 e. The van der Waals surface area contributed by atoms with Gasteiger partial charge in [-0.15, -0.1) is 0 Å². The summed E-state index contributed by atoms with van der Waals surface area (Å²) in [7, 11) is 6.55. The number of anilines is 8. The van der Waals surface area contributed by atoms with E-state index in [1.807, 2.05) is 72.8 Å². The maximum Gasteiger partial charge on any atom is 0.146 e. The fraction of sp³-hybridized carbons (Fsp3) is 0.143. The van der Waals surface area contributed by atoms with Crippen LogP contribution >= 0.6 is 0 Å². The van der Waals surface area contributed by atoms with Crippen molar-refractivity contribution in [3.63, 3.8) is 0 Å². The van der Waals surface area contributed by atoms with Gasteiger partial charge in [-0.1, -0.05) is 12.1 Å². The van der Waals surface area contributed by atoms with Crippen LogP contribution < -0.4 is 40.2 Å². The number of hydrogen-bond acceptors (Lipinski definition) is 8. The lowest BCUT2D eigenvalue weighted by molar-refractivity contribution is 0.397. The molecule has 0 saturated heterocycles. The molecule has 1 heterocycles. The second kappa shape index (κ2) is 9.87. The van der Waals surface area contributed by atoms with Crippen molar-refractivity contribution in [1.29, 1.82) is 0 Å². The average Bonchev–Trinajstić information content (AvgIpc) is 2.89. The Morgan fingerprint density at radius 1 is 0.389 bits per heavy atom. The van der Waals surface area contributed by atoms with E-state index < -0.39 is 0 Å². The van der Waals surface area contributed by atoms with Gasteiger partial charge in [0.1, 0.15) is 23.0 Å². The Bertz CT molecular complexity index is 1210. The third kappa shape index (κ3) is 4.61. The van der Waals surface area contributed by atoms with E-state index in [0.717, 1.165) is 45.5 Å². The summed E-state index contributed by atoms with van der Waals surface area (Å²) in [5.74, 6) is 2.64. The highest BCUT2D eigenvalue weighted by Gasteiger charge is 2.15. The first kappa shape index (κ1) is 23.0. The Kier molecular flexibility index (Phi) is 6.32. The van der Waals surface area contributed by atoms with Gasteiger partial charge in [-0.05, 0) is 48.5 Å². The third-order valence-corrected chi connectivity index (χ3v) is 5.88. The molecule has 4 aromatic rings. The molecule has 0 fully saturated rings. The van der Waals surface area contributed by atoms with Gasteiger partial charge in [-0.2, -0.15) is 0 Å². The molecule has 1 aliphatic heterocycles. The number of methoxy groups -OCH3 is 4. The van der Waals surface area contributed by atoms with Crippen molar-refractivity contribution in [2.75, 3.05) is 49.7 Å². The topological polar surface area (TPSA) is 85.0 Å². The number of benzene rings is 4. The minimum atomic E-state index is 0.661. The third-order valence-electron chi connectivity index (χ3n) is 5.88. The maximum atomic E-state index is 5.65. The molecule has 0 radical (unpaired) electrons. The van der Waals surface area contributed by atoms with E-state index in [1.54, 1.807) is 28.4 Å². The zero-order valence-electron chi connectivity index (χ0n) is 20.6. The van der Waals surface area contributed by atoms with Crippen LogP contribution in [0.2, 0.25) is 0 Å². The van der Waals surface area contributed by atoms with Crippen LogP contribution in [0.1, 0.15) is 0 Å². The molecule has 5 rings (SSSR count). The number of ether oxygens (including phenoxy) is 4. The number of rotatable bonds is 4. The standard InChI is InChI=1S/C28H28N4O4/c1-33-25-15-26(34-2)22-13-21(25)29-17-7-5-8-18(11-17)31-23-14-24(28(36-4)16-27(23)35-3)32-20-10-6-9-19(12-20)30-22/h5-16,29-32H,1-4H3. The molecule has 0 unspecified atom stereocenters. The fourth-order valence-corrected chi connectivity index (χ4v) is 4.16. The number of hydrogen-bond donors (Lipinski definition) is 4.